The summed E-state index contributed by atoms with van der Waals surface area (Å²) in [5, 5.41) is 0.884. The fourth-order valence-electron chi connectivity index (χ4n) is 1.84. The Bertz CT molecular complexity index is 496. The first-order valence-electron chi connectivity index (χ1n) is 5.19. The molecule has 0 saturated heterocycles. The molecule has 0 aliphatic heterocycles. The molecule has 0 atom stereocenters. The van der Waals surface area contributed by atoms with E-state index in [4.69, 9.17) is 0 Å². The molecule has 0 radical (unpaired) electrons. The van der Waals surface area contributed by atoms with Crippen molar-refractivity contribution in [2.75, 3.05) is 0 Å². The van der Waals surface area contributed by atoms with E-state index in [9.17, 15) is 13.2 Å². The Kier molecular flexibility index (Phi) is 2.66. The number of fused-ring (bicyclic) bond motifs is 1. The van der Waals surface area contributed by atoms with Gasteiger partial charge in [-0.3, -0.25) is 0 Å². The van der Waals surface area contributed by atoms with Crippen molar-refractivity contribution >= 4 is 10.9 Å². The van der Waals surface area contributed by atoms with Crippen molar-refractivity contribution in [3.05, 3.63) is 35.5 Å². The van der Waals surface area contributed by atoms with Gasteiger partial charge in [0.2, 0.25) is 0 Å². The van der Waals surface area contributed by atoms with Gasteiger partial charge in [-0.1, -0.05) is 19.4 Å². The Morgan fingerprint density at radius 3 is 2.62 bits per heavy atom. The Morgan fingerprint density at radius 2 is 2.00 bits per heavy atom. The minimum absolute atomic E-state index is 0.554. The normalized spacial score (nSPS) is 12.2. The second-order valence-corrected chi connectivity index (χ2v) is 3.82. The van der Waals surface area contributed by atoms with Crippen molar-refractivity contribution in [3.8, 4) is 0 Å². The number of halogens is 3. The Labute approximate surface area is 91.3 Å². The maximum absolute atomic E-state index is 12.5. The summed E-state index contributed by atoms with van der Waals surface area (Å²) in [5.74, 6) is 0. The molecule has 0 fully saturated rings. The first-order valence-corrected chi connectivity index (χ1v) is 5.19. The third-order valence-corrected chi connectivity index (χ3v) is 2.61. The lowest BCUT2D eigenvalue weighted by molar-refractivity contribution is -0.137. The molecule has 86 valence electrons. The lowest BCUT2D eigenvalue weighted by atomic mass is 10.1. The molecule has 0 unspecified atom stereocenters. The molecule has 0 amide bonds. The van der Waals surface area contributed by atoms with Crippen LogP contribution in [0.3, 0.4) is 0 Å². The van der Waals surface area contributed by atoms with Gasteiger partial charge in [-0.25, -0.2) is 0 Å². The van der Waals surface area contributed by atoms with Crippen molar-refractivity contribution in [1.82, 2.24) is 4.98 Å². The van der Waals surface area contributed by atoms with Crippen LogP contribution in [0.15, 0.2) is 24.4 Å². The van der Waals surface area contributed by atoms with Gasteiger partial charge in [0.25, 0.3) is 0 Å². The average Bonchev–Trinajstić information content (AvgIpc) is 2.60. The molecule has 0 spiro atoms. The van der Waals surface area contributed by atoms with E-state index >= 15 is 0 Å². The molecule has 1 aromatic carbocycles. The van der Waals surface area contributed by atoms with E-state index in [0.717, 1.165) is 35.9 Å². The van der Waals surface area contributed by atoms with Gasteiger partial charge in [-0.05, 0) is 24.1 Å². The van der Waals surface area contributed by atoms with Crippen LogP contribution < -0.4 is 0 Å². The summed E-state index contributed by atoms with van der Waals surface area (Å²) in [5.41, 5.74) is 1.02. The van der Waals surface area contributed by atoms with Gasteiger partial charge in [0.15, 0.2) is 0 Å². The minimum Gasteiger partial charge on any atom is -0.361 e. The van der Waals surface area contributed by atoms with Crippen LogP contribution in [0.25, 0.3) is 10.9 Å². The molecule has 0 aliphatic rings. The SMILES string of the molecule is CCCc1c[nH]c2cc(C(F)(F)F)ccc12. The van der Waals surface area contributed by atoms with Crippen LogP contribution in [0.2, 0.25) is 0 Å². The van der Waals surface area contributed by atoms with Crippen LogP contribution in [-0.2, 0) is 12.6 Å². The number of H-pyrrole nitrogens is 1. The monoisotopic (exact) mass is 227 g/mol. The van der Waals surface area contributed by atoms with Gasteiger partial charge in [0.05, 0.1) is 5.56 Å². The second kappa shape index (κ2) is 3.85. The highest BCUT2D eigenvalue weighted by molar-refractivity contribution is 5.83. The number of rotatable bonds is 2. The van der Waals surface area contributed by atoms with Gasteiger partial charge in [-0.2, -0.15) is 13.2 Å². The lowest BCUT2D eigenvalue weighted by Crippen LogP contribution is -2.04. The maximum Gasteiger partial charge on any atom is 0.416 e. The van der Waals surface area contributed by atoms with Crippen LogP contribution in [0.5, 0.6) is 0 Å². The summed E-state index contributed by atoms with van der Waals surface area (Å²) in [6.07, 6.45) is -0.627. The largest absolute Gasteiger partial charge is 0.416 e. The molecule has 0 aliphatic carbocycles. The molecule has 2 aromatic rings. The molecule has 0 saturated carbocycles. The molecule has 16 heavy (non-hydrogen) atoms. The fraction of sp³-hybridized carbons (Fsp3) is 0.333. The number of nitrogens with one attached hydrogen (secondary N) is 1. The Balaban J connectivity index is 2.49. The number of aromatic nitrogens is 1. The van der Waals surface area contributed by atoms with Gasteiger partial charge >= 0.3 is 6.18 Å². The van der Waals surface area contributed by atoms with E-state index in [0.29, 0.717) is 5.52 Å². The zero-order chi connectivity index (χ0) is 11.8. The van der Waals surface area contributed by atoms with E-state index in [1.807, 2.05) is 6.92 Å². The smallest absolute Gasteiger partial charge is 0.361 e. The summed E-state index contributed by atoms with van der Waals surface area (Å²) < 4.78 is 37.4. The van der Waals surface area contributed by atoms with E-state index in [1.54, 1.807) is 12.3 Å². The van der Waals surface area contributed by atoms with E-state index < -0.39 is 11.7 Å². The molecule has 2 rings (SSSR count). The molecular weight excluding hydrogens is 215 g/mol. The van der Waals surface area contributed by atoms with Gasteiger partial charge in [0.1, 0.15) is 0 Å². The molecule has 0 bridgehead atoms. The number of hydrogen-bond donors (Lipinski definition) is 1. The molecule has 1 nitrogen and oxygen atoms in total. The van der Waals surface area contributed by atoms with Gasteiger partial charge in [-0.15, -0.1) is 0 Å². The zero-order valence-electron chi connectivity index (χ0n) is 8.86. The number of hydrogen-bond acceptors (Lipinski definition) is 0. The predicted octanol–water partition coefficient (Wildman–Crippen LogP) is 4.14. The van der Waals surface area contributed by atoms with E-state index in [-0.39, 0.29) is 0 Å². The van der Waals surface area contributed by atoms with E-state index in [2.05, 4.69) is 4.98 Å². The summed E-state index contributed by atoms with van der Waals surface area (Å²) in [6, 6.07) is 3.84. The van der Waals surface area contributed by atoms with Crippen molar-refractivity contribution in [3.63, 3.8) is 0 Å². The summed E-state index contributed by atoms with van der Waals surface area (Å²) >= 11 is 0. The summed E-state index contributed by atoms with van der Waals surface area (Å²) in [4.78, 5) is 2.89. The van der Waals surface area contributed by atoms with Gasteiger partial charge < -0.3 is 4.98 Å². The van der Waals surface area contributed by atoms with Crippen LogP contribution in [0.1, 0.15) is 24.5 Å². The van der Waals surface area contributed by atoms with Crippen molar-refractivity contribution in [1.29, 1.82) is 0 Å². The third kappa shape index (κ3) is 1.92. The summed E-state index contributed by atoms with van der Waals surface area (Å²) in [7, 11) is 0. The standard InChI is InChI=1S/C12H12F3N/c1-2-3-8-7-16-11-6-9(12(13,14)15)4-5-10(8)11/h4-7,16H,2-3H2,1H3. The number of benzene rings is 1. The Morgan fingerprint density at radius 1 is 1.25 bits per heavy atom. The van der Waals surface area contributed by atoms with Crippen LogP contribution >= 0.6 is 0 Å². The molecule has 1 heterocycles. The summed E-state index contributed by atoms with van der Waals surface area (Å²) in [6.45, 7) is 2.04. The second-order valence-electron chi connectivity index (χ2n) is 3.82. The number of aryl methyl sites for hydroxylation is 1. The molecule has 1 aromatic heterocycles. The number of aromatic amines is 1. The lowest BCUT2D eigenvalue weighted by Gasteiger charge is -2.06. The highest BCUT2D eigenvalue weighted by Gasteiger charge is 2.30. The number of alkyl halides is 3. The van der Waals surface area contributed by atoms with E-state index in [1.165, 1.54) is 0 Å². The van der Waals surface area contributed by atoms with Crippen molar-refractivity contribution in [2.24, 2.45) is 0 Å². The highest BCUT2D eigenvalue weighted by Crippen LogP contribution is 2.32. The van der Waals surface area contributed by atoms with Crippen LogP contribution in [0.4, 0.5) is 13.2 Å². The average molecular weight is 227 g/mol. The molecule has 1 N–H and O–H groups in total. The molecular formula is C12H12F3N. The van der Waals surface area contributed by atoms with Crippen molar-refractivity contribution in [2.45, 2.75) is 25.9 Å². The van der Waals surface area contributed by atoms with Crippen LogP contribution in [-0.4, -0.2) is 4.98 Å². The minimum atomic E-state index is -4.27. The predicted molar refractivity (Wildman–Crippen MR) is 57.3 cm³/mol. The fourth-order valence-corrected chi connectivity index (χ4v) is 1.84. The first-order chi connectivity index (χ1) is 7.52. The van der Waals surface area contributed by atoms with Crippen LogP contribution in [0, 0.1) is 0 Å². The zero-order valence-corrected chi connectivity index (χ0v) is 8.86. The quantitative estimate of drug-likeness (QED) is 0.793. The van der Waals surface area contributed by atoms with Crippen molar-refractivity contribution < 1.29 is 13.2 Å². The Hall–Kier alpha value is -1.45. The first kappa shape index (κ1) is 11.0. The highest BCUT2D eigenvalue weighted by atomic mass is 19.4. The van der Waals surface area contributed by atoms with Gasteiger partial charge in [0, 0.05) is 17.1 Å². The topological polar surface area (TPSA) is 15.8 Å². The third-order valence-electron chi connectivity index (χ3n) is 2.61. The molecule has 4 heteroatoms. The maximum atomic E-state index is 12.5.